The minimum atomic E-state index is -0.206. The molecule has 5 heteroatoms. The molecule has 86 valence electrons. The van der Waals surface area contributed by atoms with Gasteiger partial charge >= 0.3 is 0 Å². The zero-order valence-corrected chi connectivity index (χ0v) is 9.63. The van der Waals surface area contributed by atoms with Gasteiger partial charge in [-0.1, -0.05) is 11.6 Å². The highest BCUT2D eigenvalue weighted by Gasteiger charge is 2.32. The van der Waals surface area contributed by atoms with Gasteiger partial charge in [0.25, 0.3) is 5.91 Å². The van der Waals surface area contributed by atoms with Gasteiger partial charge in [0.1, 0.15) is 5.69 Å². The molecule has 1 amide bonds. The maximum atomic E-state index is 11.7. The highest BCUT2D eigenvalue weighted by molar-refractivity contribution is 6.30. The van der Waals surface area contributed by atoms with Crippen molar-refractivity contribution in [1.82, 2.24) is 10.3 Å². The molecule has 0 unspecified atom stereocenters. The smallest absolute Gasteiger partial charge is 0.269 e. The van der Waals surface area contributed by atoms with Crippen molar-refractivity contribution in [3.05, 3.63) is 29.0 Å². The van der Waals surface area contributed by atoms with Gasteiger partial charge in [-0.2, -0.15) is 0 Å². The van der Waals surface area contributed by atoms with Crippen LogP contribution < -0.4 is 11.1 Å². The summed E-state index contributed by atoms with van der Waals surface area (Å²) in [6, 6.07) is 3.24. The van der Waals surface area contributed by atoms with E-state index in [0.29, 0.717) is 17.3 Å². The molecule has 0 bridgehead atoms. The maximum absolute atomic E-state index is 11.7. The van der Waals surface area contributed by atoms with Gasteiger partial charge in [0, 0.05) is 18.3 Å². The van der Waals surface area contributed by atoms with Gasteiger partial charge in [0.05, 0.1) is 5.02 Å². The van der Waals surface area contributed by atoms with E-state index >= 15 is 0 Å². The van der Waals surface area contributed by atoms with Crippen LogP contribution in [0.25, 0.3) is 0 Å². The Kier molecular flexibility index (Phi) is 3.12. The van der Waals surface area contributed by atoms with E-state index in [4.69, 9.17) is 17.3 Å². The summed E-state index contributed by atoms with van der Waals surface area (Å²) in [6.45, 7) is 0.510. The van der Waals surface area contributed by atoms with Crippen LogP contribution in [-0.2, 0) is 0 Å². The molecular weight excluding hydrogens is 226 g/mol. The lowest BCUT2D eigenvalue weighted by Gasteiger charge is -2.38. The molecule has 1 aromatic rings. The fraction of sp³-hybridized carbons (Fsp3) is 0.455. The summed E-state index contributed by atoms with van der Waals surface area (Å²) in [6.07, 6.45) is 4.55. The average Bonchev–Trinajstić information content (AvgIpc) is 2.24. The van der Waals surface area contributed by atoms with E-state index in [-0.39, 0.29) is 11.4 Å². The number of rotatable bonds is 3. The SMILES string of the molecule is NC1(CNC(=O)c2ccc(Cl)cn2)CCC1. The second-order valence-electron chi connectivity index (χ2n) is 4.26. The van der Waals surface area contributed by atoms with Gasteiger partial charge in [-0.25, -0.2) is 4.98 Å². The first-order valence-electron chi connectivity index (χ1n) is 5.28. The molecule has 1 aliphatic carbocycles. The molecule has 1 fully saturated rings. The second-order valence-corrected chi connectivity index (χ2v) is 4.70. The van der Waals surface area contributed by atoms with Crippen molar-refractivity contribution < 1.29 is 4.79 Å². The molecule has 0 aromatic carbocycles. The van der Waals surface area contributed by atoms with Crippen LogP contribution in [0.2, 0.25) is 5.02 Å². The molecule has 0 saturated heterocycles. The molecular formula is C11H14ClN3O. The molecule has 0 spiro atoms. The van der Waals surface area contributed by atoms with Crippen molar-refractivity contribution in [2.45, 2.75) is 24.8 Å². The van der Waals surface area contributed by atoms with Crippen LogP contribution in [-0.4, -0.2) is 23.0 Å². The standard InChI is InChI=1S/C11H14ClN3O/c12-8-2-3-9(14-6-8)10(16)15-7-11(13)4-1-5-11/h2-3,6H,1,4-5,7,13H2,(H,15,16). The number of nitrogens with zero attached hydrogens (tertiary/aromatic N) is 1. The van der Waals surface area contributed by atoms with E-state index in [1.165, 1.54) is 6.20 Å². The largest absolute Gasteiger partial charge is 0.349 e. The third kappa shape index (κ3) is 2.51. The molecule has 2 rings (SSSR count). The lowest BCUT2D eigenvalue weighted by Crippen LogP contribution is -2.55. The summed E-state index contributed by atoms with van der Waals surface area (Å²) in [7, 11) is 0. The van der Waals surface area contributed by atoms with E-state index in [2.05, 4.69) is 10.3 Å². The predicted molar refractivity (Wildman–Crippen MR) is 62.3 cm³/mol. The van der Waals surface area contributed by atoms with E-state index < -0.39 is 0 Å². The minimum absolute atomic E-state index is 0.201. The highest BCUT2D eigenvalue weighted by atomic mass is 35.5. The Morgan fingerprint density at radius 2 is 2.31 bits per heavy atom. The maximum Gasteiger partial charge on any atom is 0.269 e. The van der Waals surface area contributed by atoms with Gasteiger partial charge in [0.15, 0.2) is 0 Å². The zero-order chi connectivity index (χ0) is 11.6. The van der Waals surface area contributed by atoms with Gasteiger partial charge in [-0.15, -0.1) is 0 Å². The van der Waals surface area contributed by atoms with E-state index in [0.717, 1.165) is 19.3 Å². The molecule has 4 nitrogen and oxygen atoms in total. The molecule has 1 heterocycles. The van der Waals surface area contributed by atoms with Gasteiger partial charge in [-0.05, 0) is 31.4 Å². The molecule has 16 heavy (non-hydrogen) atoms. The summed E-state index contributed by atoms with van der Waals surface area (Å²) in [4.78, 5) is 15.6. The van der Waals surface area contributed by atoms with Crippen LogP contribution in [0.1, 0.15) is 29.8 Å². The minimum Gasteiger partial charge on any atom is -0.349 e. The van der Waals surface area contributed by atoms with E-state index in [9.17, 15) is 4.79 Å². The van der Waals surface area contributed by atoms with E-state index in [1.54, 1.807) is 12.1 Å². The van der Waals surface area contributed by atoms with Crippen molar-refractivity contribution in [3.8, 4) is 0 Å². The Balaban J connectivity index is 1.90. The molecule has 1 saturated carbocycles. The number of amides is 1. The number of nitrogens with one attached hydrogen (secondary N) is 1. The summed E-state index contributed by atoms with van der Waals surface area (Å²) in [5.74, 6) is -0.201. The fourth-order valence-corrected chi connectivity index (χ4v) is 1.78. The summed E-state index contributed by atoms with van der Waals surface area (Å²) < 4.78 is 0. The van der Waals surface area contributed by atoms with Crippen molar-refractivity contribution in [2.75, 3.05) is 6.54 Å². The van der Waals surface area contributed by atoms with Crippen LogP contribution in [0.3, 0.4) is 0 Å². The zero-order valence-electron chi connectivity index (χ0n) is 8.87. The molecule has 0 radical (unpaired) electrons. The number of nitrogens with two attached hydrogens (primary N) is 1. The first-order valence-corrected chi connectivity index (χ1v) is 5.66. The van der Waals surface area contributed by atoms with Crippen molar-refractivity contribution >= 4 is 17.5 Å². The number of hydrogen-bond acceptors (Lipinski definition) is 3. The first kappa shape index (κ1) is 11.4. The topological polar surface area (TPSA) is 68.0 Å². The molecule has 1 aromatic heterocycles. The Labute approximate surface area is 99.2 Å². The quantitative estimate of drug-likeness (QED) is 0.837. The van der Waals surface area contributed by atoms with Crippen LogP contribution >= 0.6 is 11.6 Å². The van der Waals surface area contributed by atoms with Crippen LogP contribution in [0.15, 0.2) is 18.3 Å². The number of hydrogen-bond donors (Lipinski definition) is 2. The molecule has 0 atom stereocenters. The summed E-state index contributed by atoms with van der Waals surface area (Å²) in [5, 5.41) is 3.31. The Bertz CT molecular complexity index is 387. The van der Waals surface area contributed by atoms with Crippen molar-refractivity contribution in [1.29, 1.82) is 0 Å². The summed E-state index contributed by atoms with van der Waals surface area (Å²) >= 11 is 5.68. The monoisotopic (exact) mass is 239 g/mol. The first-order chi connectivity index (χ1) is 7.59. The third-order valence-electron chi connectivity index (χ3n) is 2.91. The third-order valence-corrected chi connectivity index (χ3v) is 3.13. The highest BCUT2D eigenvalue weighted by Crippen LogP contribution is 2.28. The van der Waals surface area contributed by atoms with Crippen molar-refractivity contribution in [2.24, 2.45) is 5.73 Å². The van der Waals surface area contributed by atoms with Crippen molar-refractivity contribution in [3.63, 3.8) is 0 Å². The summed E-state index contributed by atoms with van der Waals surface area (Å²) in [5.41, 5.74) is 6.16. The van der Waals surface area contributed by atoms with Gasteiger partial charge < -0.3 is 11.1 Å². The van der Waals surface area contributed by atoms with Crippen LogP contribution in [0.5, 0.6) is 0 Å². The molecule has 0 aliphatic heterocycles. The number of pyridine rings is 1. The van der Waals surface area contributed by atoms with Gasteiger partial charge in [0.2, 0.25) is 0 Å². The normalized spacial score (nSPS) is 17.6. The predicted octanol–water partition coefficient (Wildman–Crippen LogP) is 1.35. The molecule has 3 N–H and O–H groups in total. The molecule has 1 aliphatic rings. The lowest BCUT2D eigenvalue weighted by molar-refractivity contribution is 0.0925. The van der Waals surface area contributed by atoms with Gasteiger partial charge in [-0.3, -0.25) is 4.79 Å². The Morgan fingerprint density at radius 1 is 1.56 bits per heavy atom. The van der Waals surface area contributed by atoms with E-state index in [1.807, 2.05) is 0 Å². The Morgan fingerprint density at radius 3 is 2.81 bits per heavy atom. The number of carbonyl (C=O) groups is 1. The number of carbonyl (C=O) groups excluding carboxylic acids is 1. The number of halogens is 1. The second kappa shape index (κ2) is 4.39. The number of aromatic nitrogens is 1. The Hall–Kier alpha value is -1.13. The average molecular weight is 240 g/mol. The lowest BCUT2D eigenvalue weighted by atomic mass is 9.78. The van der Waals surface area contributed by atoms with Crippen LogP contribution in [0, 0.1) is 0 Å². The fourth-order valence-electron chi connectivity index (χ4n) is 1.66. The van der Waals surface area contributed by atoms with Crippen LogP contribution in [0.4, 0.5) is 0 Å².